The second-order valence-corrected chi connectivity index (χ2v) is 8.44. The van der Waals surface area contributed by atoms with Crippen LogP contribution in [0.2, 0.25) is 0 Å². The molecule has 1 atom stereocenters. The van der Waals surface area contributed by atoms with Gasteiger partial charge in [0.2, 0.25) is 0 Å². The molecule has 0 aromatic heterocycles. The molecule has 0 saturated heterocycles. The van der Waals surface area contributed by atoms with Gasteiger partial charge in [-0.3, -0.25) is 0 Å². The zero-order chi connectivity index (χ0) is 16.1. The van der Waals surface area contributed by atoms with E-state index < -0.39 is 7.80 Å². The second-order valence-electron chi connectivity index (χ2n) is 6.83. The third kappa shape index (κ3) is 4.49. The van der Waals surface area contributed by atoms with Crippen LogP contribution in [-0.4, -0.2) is 11.7 Å². The van der Waals surface area contributed by atoms with Gasteiger partial charge < -0.3 is 0 Å². The molecule has 120 valence electrons. The van der Waals surface area contributed by atoms with Crippen molar-refractivity contribution in [3.8, 4) is 0 Å². The fourth-order valence-electron chi connectivity index (χ4n) is 3.73. The van der Waals surface area contributed by atoms with Crippen LogP contribution >= 0.6 is 7.80 Å². The molecule has 0 amide bonds. The second kappa shape index (κ2) is 8.02. The molecular weight excluding hydrogens is 291 g/mol. The predicted octanol–water partition coefficient (Wildman–Crippen LogP) is 5.94. The standard InChI is InChI=1S/C19H28O2P/c1-14-12-15(2)18(16(3)13-14)19(20)22(21)11-7-6-10-17-8-4-5-9-17/h12-13,17H,4-11H2,1-3H3/q+1. The minimum atomic E-state index is -1.77. The van der Waals surface area contributed by atoms with E-state index in [0.717, 1.165) is 35.4 Å². The van der Waals surface area contributed by atoms with Gasteiger partial charge in [-0.2, -0.15) is 0 Å². The lowest BCUT2D eigenvalue weighted by atomic mass is 10.0. The van der Waals surface area contributed by atoms with Crippen molar-refractivity contribution in [3.63, 3.8) is 0 Å². The summed E-state index contributed by atoms with van der Waals surface area (Å²) in [5, 5.41) is 0. The highest BCUT2D eigenvalue weighted by molar-refractivity contribution is 7.64. The first-order valence-electron chi connectivity index (χ1n) is 8.56. The molecule has 1 aliphatic rings. The minimum absolute atomic E-state index is 0.147. The summed E-state index contributed by atoms with van der Waals surface area (Å²) in [7, 11) is -1.77. The molecule has 0 aliphatic heterocycles. The number of hydrogen-bond donors (Lipinski definition) is 0. The SMILES string of the molecule is Cc1cc(C)c(C(=O)[P+](=O)CCCCC2CCCC2)c(C)c1. The van der Waals surface area contributed by atoms with Crippen LogP contribution in [0.3, 0.4) is 0 Å². The van der Waals surface area contributed by atoms with Crippen molar-refractivity contribution >= 4 is 13.3 Å². The molecule has 0 N–H and O–H groups in total. The summed E-state index contributed by atoms with van der Waals surface area (Å²) in [6.45, 7) is 5.91. The predicted molar refractivity (Wildman–Crippen MR) is 93.3 cm³/mol. The summed E-state index contributed by atoms with van der Waals surface area (Å²) >= 11 is 0. The van der Waals surface area contributed by atoms with Gasteiger partial charge in [0.15, 0.2) is 6.16 Å². The Bertz CT molecular complexity index is 534. The summed E-state index contributed by atoms with van der Waals surface area (Å²) in [4.78, 5) is 12.5. The van der Waals surface area contributed by atoms with Gasteiger partial charge in [0, 0.05) is 0 Å². The molecule has 2 nitrogen and oxygen atoms in total. The number of carbonyl (C=O) groups is 1. The van der Waals surface area contributed by atoms with Crippen molar-refractivity contribution in [3.05, 3.63) is 34.4 Å². The summed E-state index contributed by atoms with van der Waals surface area (Å²) in [5.41, 5.74) is 3.60. The van der Waals surface area contributed by atoms with Crippen molar-refractivity contribution in [2.45, 2.75) is 65.7 Å². The number of carbonyl (C=O) groups excluding carboxylic acids is 1. The van der Waals surface area contributed by atoms with E-state index in [2.05, 4.69) is 0 Å². The lowest BCUT2D eigenvalue weighted by Crippen LogP contribution is -2.03. The van der Waals surface area contributed by atoms with Crippen LogP contribution in [0.25, 0.3) is 0 Å². The number of hydrogen-bond acceptors (Lipinski definition) is 2. The maximum atomic E-state index is 12.5. The highest BCUT2D eigenvalue weighted by Crippen LogP contribution is 2.33. The van der Waals surface area contributed by atoms with Crippen LogP contribution in [0.5, 0.6) is 0 Å². The van der Waals surface area contributed by atoms with Crippen LogP contribution in [0.1, 0.15) is 72.0 Å². The quantitative estimate of drug-likeness (QED) is 0.460. The normalized spacial score (nSPS) is 16.0. The Morgan fingerprint density at radius 3 is 2.27 bits per heavy atom. The Balaban J connectivity index is 1.85. The third-order valence-corrected chi connectivity index (χ3v) is 6.21. The molecule has 1 unspecified atom stereocenters. The largest absolute Gasteiger partial charge is 0.420 e. The molecule has 0 bridgehead atoms. The average molecular weight is 319 g/mol. The summed E-state index contributed by atoms with van der Waals surface area (Å²) in [5.74, 6) is 0.884. The van der Waals surface area contributed by atoms with Crippen LogP contribution < -0.4 is 0 Å². The molecule has 0 radical (unpaired) electrons. The lowest BCUT2D eigenvalue weighted by molar-refractivity contribution is 0.107. The van der Waals surface area contributed by atoms with Crippen LogP contribution in [0.4, 0.5) is 0 Å². The van der Waals surface area contributed by atoms with Crippen molar-refractivity contribution in [1.29, 1.82) is 0 Å². The topological polar surface area (TPSA) is 34.1 Å². The van der Waals surface area contributed by atoms with E-state index in [0.29, 0.717) is 11.7 Å². The first kappa shape index (κ1) is 17.3. The van der Waals surface area contributed by atoms with E-state index >= 15 is 0 Å². The van der Waals surface area contributed by atoms with Gasteiger partial charge >= 0.3 is 13.3 Å². The highest BCUT2D eigenvalue weighted by Gasteiger charge is 2.31. The molecule has 1 fully saturated rings. The molecule has 0 heterocycles. The number of rotatable bonds is 7. The Morgan fingerprint density at radius 2 is 1.68 bits per heavy atom. The summed E-state index contributed by atoms with van der Waals surface area (Å²) < 4.78 is 12.3. The molecule has 3 heteroatoms. The Hall–Kier alpha value is -1.01. The van der Waals surface area contributed by atoms with E-state index in [1.54, 1.807) is 0 Å². The Morgan fingerprint density at radius 1 is 1.09 bits per heavy atom. The fourth-order valence-corrected chi connectivity index (χ4v) is 5.05. The summed E-state index contributed by atoms with van der Waals surface area (Å²) in [6, 6.07) is 4.01. The maximum absolute atomic E-state index is 12.5. The Kier molecular flexibility index (Phi) is 6.32. The van der Waals surface area contributed by atoms with Gasteiger partial charge in [-0.25, -0.2) is 4.79 Å². The van der Waals surface area contributed by atoms with Crippen LogP contribution in [0.15, 0.2) is 12.1 Å². The fraction of sp³-hybridized carbons (Fsp3) is 0.632. The van der Waals surface area contributed by atoms with E-state index in [9.17, 15) is 9.36 Å². The number of benzene rings is 1. The monoisotopic (exact) mass is 319 g/mol. The molecule has 22 heavy (non-hydrogen) atoms. The van der Waals surface area contributed by atoms with Crippen LogP contribution in [0, 0.1) is 26.7 Å². The molecule has 1 aliphatic carbocycles. The molecule has 2 rings (SSSR count). The van der Waals surface area contributed by atoms with E-state index in [1.807, 2.05) is 32.9 Å². The van der Waals surface area contributed by atoms with Gasteiger partial charge in [0.25, 0.3) is 0 Å². The van der Waals surface area contributed by atoms with Crippen molar-refractivity contribution < 1.29 is 9.36 Å². The average Bonchev–Trinajstić information content (AvgIpc) is 2.95. The van der Waals surface area contributed by atoms with Gasteiger partial charge in [0.1, 0.15) is 0 Å². The van der Waals surface area contributed by atoms with Gasteiger partial charge in [-0.1, -0.05) is 54.4 Å². The van der Waals surface area contributed by atoms with Crippen molar-refractivity contribution in [1.82, 2.24) is 0 Å². The number of aryl methyl sites for hydroxylation is 3. The maximum Gasteiger partial charge on any atom is 0.420 e. The minimum Gasteiger partial charge on any atom is -0.234 e. The van der Waals surface area contributed by atoms with E-state index in [4.69, 9.17) is 0 Å². The molecule has 1 aromatic carbocycles. The smallest absolute Gasteiger partial charge is 0.234 e. The zero-order valence-electron chi connectivity index (χ0n) is 14.2. The zero-order valence-corrected chi connectivity index (χ0v) is 15.0. The number of unbranched alkanes of at least 4 members (excludes halogenated alkanes) is 1. The molecular formula is C19H28O2P+. The van der Waals surface area contributed by atoms with E-state index in [1.165, 1.54) is 32.1 Å². The molecule has 1 saturated carbocycles. The first-order chi connectivity index (χ1) is 10.5. The van der Waals surface area contributed by atoms with Gasteiger partial charge in [0.05, 0.1) is 5.56 Å². The van der Waals surface area contributed by atoms with Crippen molar-refractivity contribution in [2.24, 2.45) is 5.92 Å². The third-order valence-electron chi connectivity index (χ3n) is 4.82. The highest BCUT2D eigenvalue weighted by atomic mass is 31.1. The first-order valence-corrected chi connectivity index (χ1v) is 10.0. The lowest BCUT2D eigenvalue weighted by Gasteiger charge is -2.06. The molecule has 1 aromatic rings. The van der Waals surface area contributed by atoms with Crippen molar-refractivity contribution in [2.75, 3.05) is 6.16 Å². The van der Waals surface area contributed by atoms with E-state index in [-0.39, 0.29) is 5.52 Å². The Labute approximate surface area is 135 Å². The van der Waals surface area contributed by atoms with Crippen LogP contribution in [-0.2, 0) is 4.57 Å². The van der Waals surface area contributed by atoms with Gasteiger partial charge in [-0.15, -0.1) is 0 Å². The summed E-state index contributed by atoms with van der Waals surface area (Å²) in [6.07, 6.45) is 9.33. The molecule has 0 spiro atoms. The van der Waals surface area contributed by atoms with Gasteiger partial charge in [-0.05, 0) is 50.7 Å².